The van der Waals surface area contributed by atoms with Crippen LogP contribution in [-0.4, -0.2) is 17.7 Å². The molecule has 0 aliphatic heterocycles. The summed E-state index contributed by atoms with van der Waals surface area (Å²) in [6.07, 6.45) is 1.33. The van der Waals surface area contributed by atoms with Crippen molar-refractivity contribution in [3.63, 3.8) is 0 Å². The van der Waals surface area contributed by atoms with Crippen LogP contribution in [0.3, 0.4) is 0 Å². The van der Waals surface area contributed by atoms with Crippen LogP contribution in [0.15, 0.2) is 48.6 Å². The molecule has 2 rings (SSSR count). The van der Waals surface area contributed by atoms with Crippen molar-refractivity contribution in [1.29, 1.82) is 0 Å². The number of benzene rings is 2. The highest BCUT2D eigenvalue weighted by atomic mass is 19.1. The van der Waals surface area contributed by atoms with Crippen molar-refractivity contribution in [1.82, 2.24) is 0 Å². The first-order valence-electron chi connectivity index (χ1n) is 7.86. The molecule has 0 heterocycles. The van der Waals surface area contributed by atoms with Crippen LogP contribution in [0.25, 0.3) is 11.1 Å². The SMILES string of the molecule is C=C(C)C(=O)Oc1ccc(-c2ccc(CCO)cc2CC)c(F)c1. The molecule has 0 amide bonds. The van der Waals surface area contributed by atoms with Gasteiger partial charge in [-0.05, 0) is 48.6 Å². The van der Waals surface area contributed by atoms with E-state index in [4.69, 9.17) is 9.84 Å². The first-order valence-corrected chi connectivity index (χ1v) is 7.86. The van der Waals surface area contributed by atoms with Crippen LogP contribution in [0.2, 0.25) is 0 Å². The van der Waals surface area contributed by atoms with E-state index >= 15 is 0 Å². The largest absolute Gasteiger partial charge is 0.423 e. The Morgan fingerprint density at radius 1 is 1.21 bits per heavy atom. The van der Waals surface area contributed by atoms with Crippen molar-refractivity contribution in [2.45, 2.75) is 26.7 Å². The minimum atomic E-state index is -0.579. The van der Waals surface area contributed by atoms with Crippen LogP contribution in [0.1, 0.15) is 25.0 Å². The van der Waals surface area contributed by atoms with Gasteiger partial charge in [0.05, 0.1) is 0 Å². The van der Waals surface area contributed by atoms with Gasteiger partial charge in [-0.25, -0.2) is 9.18 Å². The fraction of sp³-hybridized carbons (Fsp3) is 0.250. The number of ether oxygens (including phenoxy) is 1. The van der Waals surface area contributed by atoms with Gasteiger partial charge in [-0.15, -0.1) is 0 Å². The molecule has 0 aliphatic carbocycles. The predicted molar refractivity (Wildman–Crippen MR) is 92.5 cm³/mol. The molecule has 0 saturated heterocycles. The monoisotopic (exact) mass is 328 g/mol. The van der Waals surface area contributed by atoms with Crippen LogP contribution in [0.4, 0.5) is 4.39 Å². The molecule has 2 aromatic rings. The second kappa shape index (κ2) is 7.88. The van der Waals surface area contributed by atoms with Gasteiger partial charge >= 0.3 is 5.97 Å². The molecule has 0 aliphatic rings. The Hall–Kier alpha value is -2.46. The number of esters is 1. The zero-order chi connectivity index (χ0) is 17.7. The third kappa shape index (κ3) is 4.09. The van der Waals surface area contributed by atoms with Gasteiger partial charge in [0.25, 0.3) is 0 Å². The maximum atomic E-state index is 14.5. The summed E-state index contributed by atoms with van der Waals surface area (Å²) < 4.78 is 19.5. The maximum Gasteiger partial charge on any atom is 0.338 e. The zero-order valence-corrected chi connectivity index (χ0v) is 13.9. The molecular formula is C20H21FO3. The lowest BCUT2D eigenvalue weighted by atomic mass is 9.95. The van der Waals surface area contributed by atoms with Crippen molar-refractivity contribution < 1.29 is 19.0 Å². The molecule has 0 bridgehead atoms. The van der Waals surface area contributed by atoms with E-state index in [1.807, 2.05) is 25.1 Å². The van der Waals surface area contributed by atoms with Crippen molar-refractivity contribution in [3.8, 4) is 16.9 Å². The number of hydrogen-bond acceptors (Lipinski definition) is 3. The van der Waals surface area contributed by atoms with Crippen LogP contribution in [0, 0.1) is 5.82 Å². The summed E-state index contributed by atoms with van der Waals surface area (Å²) in [5, 5.41) is 9.05. The van der Waals surface area contributed by atoms with E-state index < -0.39 is 11.8 Å². The van der Waals surface area contributed by atoms with Gasteiger partial charge in [-0.2, -0.15) is 0 Å². The zero-order valence-electron chi connectivity index (χ0n) is 13.9. The Bertz CT molecular complexity index is 765. The minimum Gasteiger partial charge on any atom is -0.423 e. The van der Waals surface area contributed by atoms with Gasteiger partial charge in [0.2, 0.25) is 0 Å². The lowest BCUT2D eigenvalue weighted by molar-refractivity contribution is -0.130. The molecule has 0 radical (unpaired) electrons. The van der Waals surface area contributed by atoms with Gasteiger partial charge < -0.3 is 9.84 Å². The summed E-state index contributed by atoms with van der Waals surface area (Å²) in [5.74, 6) is -0.879. The molecule has 126 valence electrons. The number of carbonyl (C=O) groups is 1. The molecule has 0 aromatic heterocycles. The molecule has 0 atom stereocenters. The molecule has 3 nitrogen and oxygen atoms in total. The number of rotatable bonds is 6. The topological polar surface area (TPSA) is 46.5 Å². The highest BCUT2D eigenvalue weighted by molar-refractivity contribution is 5.88. The van der Waals surface area contributed by atoms with E-state index in [1.165, 1.54) is 13.0 Å². The second-order valence-electron chi connectivity index (χ2n) is 5.63. The van der Waals surface area contributed by atoms with E-state index in [9.17, 15) is 9.18 Å². The lowest BCUT2D eigenvalue weighted by Crippen LogP contribution is -2.08. The molecule has 1 N–H and O–H groups in total. The van der Waals surface area contributed by atoms with Crippen molar-refractivity contribution in [2.75, 3.05) is 6.61 Å². The van der Waals surface area contributed by atoms with E-state index in [2.05, 4.69) is 6.58 Å². The second-order valence-corrected chi connectivity index (χ2v) is 5.63. The lowest BCUT2D eigenvalue weighted by Gasteiger charge is -2.12. The summed E-state index contributed by atoms with van der Waals surface area (Å²) in [5.41, 5.74) is 3.54. The summed E-state index contributed by atoms with van der Waals surface area (Å²) in [7, 11) is 0. The Morgan fingerprint density at radius 3 is 2.50 bits per heavy atom. The van der Waals surface area contributed by atoms with Gasteiger partial charge in [-0.1, -0.05) is 31.7 Å². The Balaban J connectivity index is 2.35. The van der Waals surface area contributed by atoms with Gasteiger partial charge in [-0.3, -0.25) is 0 Å². The highest BCUT2D eigenvalue weighted by Gasteiger charge is 2.13. The molecule has 0 spiro atoms. The summed E-state index contributed by atoms with van der Waals surface area (Å²) >= 11 is 0. The summed E-state index contributed by atoms with van der Waals surface area (Å²) in [6, 6.07) is 10.1. The predicted octanol–water partition coefficient (Wildman–Crippen LogP) is 4.07. The smallest absolute Gasteiger partial charge is 0.338 e. The fourth-order valence-corrected chi connectivity index (χ4v) is 2.46. The van der Waals surface area contributed by atoms with E-state index in [0.29, 0.717) is 12.0 Å². The first-order chi connectivity index (χ1) is 11.5. The number of hydrogen-bond donors (Lipinski definition) is 1. The average Bonchev–Trinajstić information content (AvgIpc) is 2.55. The highest BCUT2D eigenvalue weighted by Crippen LogP contribution is 2.30. The van der Waals surface area contributed by atoms with Crippen LogP contribution >= 0.6 is 0 Å². The van der Waals surface area contributed by atoms with Crippen LogP contribution < -0.4 is 4.74 Å². The number of halogens is 1. The molecule has 4 heteroatoms. The molecule has 2 aromatic carbocycles. The molecule has 0 unspecified atom stereocenters. The molecule has 0 saturated carbocycles. The summed E-state index contributed by atoms with van der Waals surface area (Å²) in [6.45, 7) is 7.12. The normalized spacial score (nSPS) is 10.5. The minimum absolute atomic E-state index is 0.0830. The third-order valence-corrected chi connectivity index (χ3v) is 3.74. The van der Waals surface area contributed by atoms with E-state index in [-0.39, 0.29) is 17.9 Å². The first kappa shape index (κ1) is 17.9. The van der Waals surface area contributed by atoms with Gasteiger partial charge in [0, 0.05) is 23.8 Å². The average molecular weight is 328 g/mol. The van der Waals surface area contributed by atoms with Gasteiger partial charge in [0.1, 0.15) is 11.6 Å². The van der Waals surface area contributed by atoms with E-state index in [1.54, 1.807) is 12.1 Å². The number of aliphatic hydroxyl groups excluding tert-OH is 1. The Labute approximate surface area is 141 Å². The fourth-order valence-electron chi connectivity index (χ4n) is 2.46. The maximum absolute atomic E-state index is 14.5. The van der Waals surface area contributed by atoms with Crippen molar-refractivity contribution in [3.05, 3.63) is 65.5 Å². The standard InChI is InChI=1S/C20H21FO3/c1-4-15-11-14(9-10-22)5-7-17(15)18-8-6-16(12-19(18)21)24-20(23)13(2)3/h5-8,11-12,22H,2,4,9-10H2,1,3H3. The molecule has 0 fully saturated rings. The number of aliphatic hydroxyl groups is 1. The van der Waals surface area contributed by atoms with Crippen molar-refractivity contribution in [2.24, 2.45) is 0 Å². The number of carbonyl (C=O) groups excluding carboxylic acids is 1. The van der Waals surface area contributed by atoms with Crippen LogP contribution in [0.5, 0.6) is 5.75 Å². The summed E-state index contributed by atoms with van der Waals surface area (Å²) in [4.78, 5) is 11.5. The van der Waals surface area contributed by atoms with Gasteiger partial charge in [0.15, 0.2) is 0 Å². The Kier molecular flexibility index (Phi) is 5.88. The quantitative estimate of drug-likeness (QED) is 0.494. The third-order valence-electron chi connectivity index (χ3n) is 3.74. The van der Waals surface area contributed by atoms with E-state index in [0.717, 1.165) is 23.1 Å². The molecule has 24 heavy (non-hydrogen) atoms. The Morgan fingerprint density at radius 2 is 1.92 bits per heavy atom. The van der Waals surface area contributed by atoms with Crippen LogP contribution in [-0.2, 0) is 17.6 Å². The van der Waals surface area contributed by atoms with Crippen molar-refractivity contribution >= 4 is 5.97 Å². The number of aryl methyl sites for hydroxylation is 1. The molecular weight excluding hydrogens is 307 g/mol.